The van der Waals surface area contributed by atoms with Gasteiger partial charge in [0.25, 0.3) is 5.56 Å². The van der Waals surface area contributed by atoms with E-state index < -0.39 is 17.7 Å². The Kier molecular flexibility index (Phi) is 5.64. The molecule has 0 spiro atoms. The molecule has 3 aromatic rings. The standard InChI is InChI=1S/C25H24N2O4/c1-25(2)24(29)23(20-12-18(14-26)8-9-21(20)31-25)27-11-10-19(13-22(27)28)16-30-15-17-6-4-3-5-7-17/h3-13,23-24,29H,15-16H2,1-2H3/t23-,24+/m0/s1. The van der Waals surface area contributed by atoms with E-state index in [1.54, 1.807) is 38.2 Å². The van der Waals surface area contributed by atoms with Crippen LogP contribution in [0.2, 0.25) is 0 Å². The van der Waals surface area contributed by atoms with Crippen LogP contribution in [-0.4, -0.2) is 21.4 Å². The molecule has 0 radical (unpaired) electrons. The van der Waals surface area contributed by atoms with Crippen molar-refractivity contribution in [3.05, 3.63) is 99.5 Å². The summed E-state index contributed by atoms with van der Waals surface area (Å²) in [4.78, 5) is 13.0. The highest BCUT2D eigenvalue weighted by Gasteiger charge is 2.44. The average molecular weight is 416 g/mol. The molecule has 6 nitrogen and oxygen atoms in total. The zero-order valence-corrected chi connectivity index (χ0v) is 17.5. The number of benzene rings is 2. The van der Waals surface area contributed by atoms with Crippen LogP contribution in [0, 0.1) is 11.3 Å². The number of rotatable bonds is 5. The third-order valence-corrected chi connectivity index (χ3v) is 5.53. The zero-order chi connectivity index (χ0) is 22.0. The molecule has 31 heavy (non-hydrogen) atoms. The fourth-order valence-electron chi connectivity index (χ4n) is 3.85. The highest BCUT2D eigenvalue weighted by molar-refractivity contribution is 5.46. The Balaban J connectivity index is 1.61. The van der Waals surface area contributed by atoms with Crippen molar-refractivity contribution in [1.82, 2.24) is 4.57 Å². The SMILES string of the molecule is CC1(C)Oc2ccc(C#N)cc2[C@H](n2ccc(COCc3ccccc3)cc2=O)[C@H]1O. The second-order valence-electron chi connectivity index (χ2n) is 8.22. The molecule has 0 unspecified atom stereocenters. The Hall–Kier alpha value is -3.40. The molecule has 2 atom stereocenters. The van der Waals surface area contributed by atoms with Gasteiger partial charge in [-0.15, -0.1) is 0 Å². The molecule has 0 fully saturated rings. The van der Waals surface area contributed by atoms with Gasteiger partial charge in [-0.05, 0) is 49.2 Å². The molecule has 158 valence electrons. The van der Waals surface area contributed by atoms with Crippen LogP contribution in [0.3, 0.4) is 0 Å². The van der Waals surface area contributed by atoms with Crippen LogP contribution in [0.15, 0.2) is 71.7 Å². The summed E-state index contributed by atoms with van der Waals surface area (Å²) >= 11 is 0. The van der Waals surface area contributed by atoms with Gasteiger partial charge in [0, 0.05) is 17.8 Å². The van der Waals surface area contributed by atoms with Crippen molar-refractivity contribution >= 4 is 0 Å². The minimum Gasteiger partial charge on any atom is -0.485 e. The van der Waals surface area contributed by atoms with Gasteiger partial charge in [-0.25, -0.2) is 0 Å². The number of aliphatic hydroxyl groups is 1. The number of pyridine rings is 1. The lowest BCUT2D eigenvalue weighted by Gasteiger charge is -2.42. The van der Waals surface area contributed by atoms with Gasteiger partial charge in [0.05, 0.1) is 30.9 Å². The molecular weight excluding hydrogens is 392 g/mol. The van der Waals surface area contributed by atoms with Gasteiger partial charge in [-0.3, -0.25) is 4.79 Å². The molecule has 6 heteroatoms. The van der Waals surface area contributed by atoms with Gasteiger partial charge < -0.3 is 19.1 Å². The maximum absolute atomic E-state index is 13.0. The zero-order valence-electron chi connectivity index (χ0n) is 17.5. The van der Waals surface area contributed by atoms with Crippen molar-refractivity contribution in [3.63, 3.8) is 0 Å². The Morgan fingerprint density at radius 2 is 1.84 bits per heavy atom. The number of nitrogens with zero attached hydrogens (tertiary/aromatic N) is 2. The van der Waals surface area contributed by atoms with E-state index in [4.69, 9.17) is 9.47 Å². The minimum absolute atomic E-state index is 0.254. The van der Waals surface area contributed by atoms with Crippen molar-refractivity contribution in [1.29, 1.82) is 5.26 Å². The first-order valence-corrected chi connectivity index (χ1v) is 10.1. The molecule has 0 amide bonds. The van der Waals surface area contributed by atoms with E-state index in [2.05, 4.69) is 6.07 Å². The summed E-state index contributed by atoms with van der Waals surface area (Å²) in [5.74, 6) is 0.557. The smallest absolute Gasteiger partial charge is 0.251 e. The number of nitriles is 1. The maximum Gasteiger partial charge on any atom is 0.251 e. The molecule has 1 aliphatic heterocycles. The first-order valence-electron chi connectivity index (χ1n) is 10.1. The summed E-state index contributed by atoms with van der Waals surface area (Å²) in [6, 6.07) is 19.7. The predicted molar refractivity (Wildman–Crippen MR) is 116 cm³/mol. The average Bonchev–Trinajstić information content (AvgIpc) is 2.76. The minimum atomic E-state index is -0.980. The molecule has 1 aliphatic rings. The second-order valence-corrected chi connectivity index (χ2v) is 8.22. The summed E-state index contributed by atoms with van der Waals surface area (Å²) in [5.41, 5.74) is 1.72. The number of ether oxygens (including phenoxy) is 2. The van der Waals surface area contributed by atoms with Crippen LogP contribution in [0.1, 0.15) is 42.1 Å². The topological polar surface area (TPSA) is 84.5 Å². The lowest BCUT2D eigenvalue weighted by Crippen LogP contribution is -2.52. The molecule has 1 aromatic heterocycles. The molecule has 0 bridgehead atoms. The van der Waals surface area contributed by atoms with Gasteiger partial charge in [0.2, 0.25) is 0 Å². The molecule has 0 saturated heterocycles. The number of fused-ring (bicyclic) bond motifs is 1. The summed E-state index contributed by atoms with van der Waals surface area (Å²) in [6.45, 7) is 4.33. The van der Waals surface area contributed by atoms with Crippen LogP contribution < -0.4 is 10.3 Å². The largest absolute Gasteiger partial charge is 0.485 e. The van der Waals surface area contributed by atoms with Crippen LogP contribution in [-0.2, 0) is 18.0 Å². The maximum atomic E-state index is 13.0. The fraction of sp³-hybridized carbons (Fsp3) is 0.280. The van der Waals surface area contributed by atoms with Gasteiger partial charge in [0.15, 0.2) is 0 Å². The number of hydrogen-bond acceptors (Lipinski definition) is 5. The second kappa shape index (κ2) is 8.38. The van der Waals surface area contributed by atoms with Gasteiger partial charge in [-0.2, -0.15) is 5.26 Å². The van der Waals surface area contributed by atoms with Gasteiger partial charge in [0.1, 0.15) is 17.5 Å². The van der Waals surface area contributed by atoms with E-state index in [-0.39, 0.29) is 5.56 Å². The Bertz CT molecular complexity index is 1180. The Morgan fingerprint density at radius 3 is 2.55 bits per heavy atom. The van der Waals surface area contributed by atoms with Crippen LogP contribution >= 0.6 is 0 Å². The molecule has 2 aromatic carbocycles. The Labute approximate surface area is 180 Å². The lowest BCUT2D eigenvalue weighted by atomic mass is 9.85. The predicted octanol–water partition coefficient (Wildman–Crippen LogP) is 3.56. The number of aliphatic hydroxyl groups excluding tert-OH is 1. The summed E-state index contributed by atoms with van der Waals surface area (Å²) in [7, 11) is 0. The normalized spacial score (nSPS) is 19.2. The van der Waals surface area contributed by atoms with Crippen LogP contribution in [0.4, 0.5) is 0 Å². The van der Waals surface area contributed by atoms with Crippen molar-refractivity contribution < 1.29 is 14.6 Å². The van der Waals surface area contributed by atoms with E-state index in [1.807, 2.05) is 36.4 Å². The molecule has 0 aliphatic carbocycles. The molecule has 2 heterocycles. The number of aromatic nitrogens is 1. The molecule has 0 saturated carbocycles. The van der Waals surface area contributed by atoms with Crippen molar-refractivity contribution in [2.24, 2.45) is 0 Å². The van der Waals surface area contributed by atoms with E-state index in [9.17, 15) is 15.2 Å². The lowest BCUT2D eigenvalue weighted by molar-refractivity contribution is -0.0643. The van der Waals surface area contributed by atoms with Crippen LogP contribution in [0.5, 0.6) is 5.75 Å². The first-order chi connectivity index (χ1) is 14.9. The Morgan fingerprint density at radius 1 is 1.10 bits per heavy atom. The van der Waals surface area contributed by atoms with E-state index in [0.717, 1.165) is 11.1 Å². The first kappa shape index (κ1) is 20.9. The molecule has 1 N–H and O–H groups in total. The van der Waals surface area contributed by atoms with Crippen molar-refractivity contribution in [2.75, 3.05) is 0 Å². The highest BCUT2D eigenvalue weighted by Crippen LogP contribution is 2.41. The monoisotopic (exact) mass is 416 g/mol. The molecule has 4 rings (SSSR count). The summed E-state index contributed by atoms with van der Waals surface area (Å²) in [5, 5.41) is 20.3. The number of hydrogen-bond donors (Lipinski definition) is 1. The third kappa shape index (κ3) is 4.24. The quantitative estimate of drug-likeness (QED) is 0.688. The summed E-state index contributed by atoms with van der Waals surface area (Å²) in [6.07, 6.45) is 0.689. The highest BCUT2D eigenvalue weighted by atomic mass is 16.5. The van der Waals surface area contributed by atoms with Crippen molar-refractivity contribution in [3.8, 4) is 11.8 Å². The summed E-state index contributed by atoms with van der Waals surface area (Å²) < 4.78 is 13.2. The van der Waals surface area contributed by atoms with Gasteiger partial charge >= 0.3 is 0 Å². The van der Waals surface area contributed by atoms with Crippen LogP contribution in [0.25, 0.3) is 0 Å². The third-order valence-electron chi connectivity index (χ3n) is 5.53. The fourth-order valence-corrected chi connectivity index (χ4v) is 3.85. The van der Waals surface area contributed by atoms with E-state index >= 15 is 0 Å². The van der Waals surface area contributed by atoms with E-state index in [1.165, 1.54) is 10.6 Å². The van der Waals surface area contributed by atoms with E-state index in [0.29, 0.717) is 30.1 Å². The van der Waals surface area contributed by atoms with Crippen molar-refractivity contribution in [2.45, 2.75) is 44.8 Å². The van der Waals surface area contributed by atoms with Gasteiger partial charge in [-0.1, -0.05) is 30.3 Å². The molecular formula is C25H24N2O4.